The molecule has 156 valence electrons. The number of alkyl halides is 3. The number of H-pyrrole nitrogens is 2. The van der Waals surface area contributed by atoms with Crippen LogP contribution in [0.4, 0.5) is 18.3 Å². The summed E-state index contributed by atoms with van der Waals surface area (Å²) >= 11 is 1.45. The fourth-order valence-corrected chi connectivity index (χ4v) is 3.92. The molecule has 0 aliphatic carbocycles. The number of nitrogens with two attached hydrogens (primary N) is 1. The maximum Gasteiger partial charge on any atom is 0.416 e. The van der Waals surface area contributed by atoms with Crippen molar-refractivity contribution in [3.63, 3.8) is 0 Å². The van der Waals surface area contributed by atoms with Crippen LogP contribution in [0.15, 0.2) is 53.5 Å². The Morgan fingerprint density at radius 2 is 1.83 bits per heavy atom. The van der Waals surface area contributed by atoms with E-state index in [1.54, 1.807) is 6.20 Å². The first-order valence-corrected chi connectivity index (χ1v) is 9.93. The third kappa shape index (κ3) is 4.55. The summed E-state index contributed by atoms with van der Waals surface area (Å²) in [6.45, 7) is 0.429. The number of fused-ring (bicyclic) bond motifs is 1. The molecule has 0 saturated carbocycles. The van der Waals surface area contributed by atoms with E-state index in [-0.39, 0.29) is 11.7 Å². The molecule has 2 aromatic heterocycles. The molecule has 0 unspecified atom stereocenters. The van der Waals surface area contributed by atoms with Crippen LogP contribution in [0.3, 0.4) is 0 Å². The second-order valence-electron chi connectivity index (χ2n) is 6.91. The minimum atomic E-state index is -4.34. The van der Waals surface area contributed by atoms with Gasteiger partial charge in [0.05, 0.1) is 21.5 Å². The van der Waals surface area contributed by atoms with Gasteiger partial charge in [0.25, 0.3) is 0 Å². The molecular weight excluding hydrogens is 415 g/mol. The van der Waals surface area contributed by atoms with Crippen LogP contribution >= 0.6 is 11.3 Å². The number of rotatable bonds is 6. The van der Waals surface area contributed by atoms with E-state index in [1.807, 2.05) is 18.2 Å². The molecule has 1 atom stereocenters. The maximum absolute atomic E-state index is 12.6. The van der Waals surface area contributed by atoms with E-state index in [2.05, 4.69) is 20.3 Å². The molecule has 10 heteroatoms. The fraction of sp³-hybridized carbons (Fsp3) is 0.200. The standard InChI is InChI=1S/C20H18F3N5OS/c21-20(22,23)13-4-1-11(2-5-13)7-14(24)9-25-19-26-10-17(30-19)12-3-6-15-16(8-12)28-18(29)27-15/h1-6,8,10,14H,7,9,24H2,(H,25,26)(H2,27,28,29)/t14-/m1/s1. The lowest BCUT2D eigenvalue weighted by atomic mass is 10.0. The molecule has 0 aliphatic rings. The van der Waals surface area contributed by atoms with E-state index in [1.165, 1.54) is 23.5 Å². The first-order chi connectivity index (χ1) is 14.3. The summed E-state index contributed by atoms with van der Waals surface area (Å²) < 4.78 is 37.9. The predicted octanol–water partition coefficient (Wildman–Crippen LogP) is 3.98. The Balaban J connectivity index is 1.36. The van der Waals surface area contributed by atoms with Gasteiger partial charge >= 0.3 is 11.9 Å². The van der Waals surface area contributed by atoms with Crippen LogP contribution in [0.2, 0.25) is 0 Å². The van der Waals surface area contributed by atoms with Gasteiger partial charge < -0.3 is 21.0 Å². The van der Waals surface area contributed by atoms with E-state index >= 15 is 0 Å². The van der Waals surface area contributed by atoms with Crippen molar-refractivity contribution in [2.45, 2.75) is 18.6 Å². The summed E-state index contributed by atoms with van der Waals surface area (Å²) in [5.41, 5.74) is 8.32. The van der Waals surface area contributed by atoms with Crippen molar-refractivity contribution >= 4 is 27.5 Å². The van der Waals surface area contributed by atoms with Gasteiger partial charge in [-0.3, -0.25) is 0 Å². The van der Waals surface area contributed by atoms with Gasteiger partial charge in [-0.2, -0.15) is 13.2 Å². The van der Waals surface area contributed by atoms with Crippen molar-refractivity contribution in [3.8, 4) is 10.4 Å². The molecule has 0 amide bonds. The van der Waals surface area contributed by atoms with Gasteiger partial charge in [0.2, 0.25) is 0 Å². The molecular formula is C20H18F3N5OS. The van der Waals surface area contributed by atoms with Crippen molar-refractivity contribution < 1.29 is 13.2 Å². The number of nitrogens with one attached hydrogen (secondary N) is 3. The zero-order valence-corrected chi connectivity index (χ0v) is 16.4. The summed E-state index contributed by atoms with van der Waals surface area (Å²) in [5, 5.41) is 3.86. The summed E-state index contributed by atoms with van der Waals surface area (Å²) in [4.78, 5) is 22.1. The lowest BCUT2D eigenvalue weighted by Crippen LogP contribution is -2.31. The smallest absolute Gasteiger partial charge is 0.360 e. The number of anilines is 1. The van der Waals surface area contributed by atoms with Gasteiger partial charge in [-0.25, -0.2) is 9.78 Å². The third-order valence-electron chi connectivity index (χ3n) is 4.60. The second kappa shape index (κ2) is 7.96. The summed E-state index contributed by atoms with van der Waals surface area (Å²) in [6.07, 6.45) is -2.16. The van der Waals surface area contributed by atoms with E-state index in [0.29, 0.717) is 18.1 Å². The molecule has 2 heterocycles. The van der Waals surface area contributed by atoms with Crippen LogP contribution in [0, 0.1) is 0 Å². The number of thiazole rings is 1. The Morgan fingerprint density at radius 3 is 2.57 bits per heavy atom. The van der Waals surface area contributed by atoms with Gasteiger partial charge in [-0.15, -0.1) is 0 Å². The van der Waals surface area contributed by atoms with Crippen molar-refractivity contribution in [2.75, 3.05) is 11.9 Å². The zero-order chi connectivity index (χ0) is 21.3. The molecule has 2 aromatic carbocycles. The van der Waals surface area contributed by atoms with Crippen LogP contribution in [0.25, 0.3) is 21.5 Å². The highest BCUT2D eigenvalue weighted by Crippen LogP contribution is 2.31. The van der Waals surface area contributed by atoms with Crippen molar-refractivity contribution in [1.82, 2.24) is 15.0 Å². The molecule has 0 bridgehead atoms. The molecule has 0 aliphatic heterocycles. The largest absolute Gasteiger partial charge is 0.416 e. The molecule has 0 saturated heterocycles. The molecule has 0 radical (unpaired) electrons. The number of hydrogen-bond donors (Lipinski definition) is 4. The number of halogens is 3. The maximum atomic E-state index is 12.6. The fourth-order valence-electron chi connectivity index (χ4n) is 3.10. The monoisotopic (exact) mass is 433 g/mol. The van der Waals surface area contributed by atoms with Crippen LogP contribution < -0.4 is 16.7 Å². The molecule has 4 rings (SSSR count). The summed E-state index contributed by atoms with van der Waals surface area (Å²) in [5.74, 6) is 0. The minimum absolute atomic E-state index is 0.254. The number of imidazole rings is 1. The van der Waals surface area contributed by atoms with Gasteiger partial charge in [0.15, 0.2) is 5.13 Å². The summed E-state index contributed by atoms with van der Waals surface area (Å²) in [7, 11) is 0. The van der Waals surface area contributed by atoms with Gasteiger partial charge in [-0.05, 0) is 41.8 Å². The number of hydrogen-bond acceptors (Lipinski definition) is 5. The lowest BCUT2D eigenvalue weighted by Gasteiger charge is -2.13. The lowest BCUT2D eigenvalue weighted by molar-refractivity contribution is -0.137. The van der Waals surface area contributed by atoms with Crippen LogP contribution in [0.1, 0.15) is 11.1 Å². The highest BCUT2D eigenvalue weighted by Gasteiger charge is 2.29. The minimum Gasteiger partial charge on any atom is -0.360 e. The van der Waals surface area contributed by atoms with E-state index < -0.39 is 11.7 Å². The van der Waals surface area contributed by atoms with Gasteiger partial charge in [-0.1, -0.05) is 29.5 Å². The van der Waals surface area contributed by atoms with Crippen LogP contribution in [0.5, 0.6) is 0 Å². The van der Waals surface area contributed by atoms with E-state index in [0.717, 1.165) is 39.2 Å². The quantitative estimate of drug-likeness (QED) is 0.370. The van der Waals surface area contributed by atoms with E-state index in [9.17, 15) is 18.0 Å². The molecule has 30 heavy (non-hydrogen) atoms. The van der Waals surface area contributed by atoms with Crippen molar-refractivity contribution in [1.29, 1.82) is 0 Å². The number of aromatic nitrogens is 3. The zero-order valence-electron chi connectivity index (χ0n) is 15.6. The molecule has 5 N–H and O–H groups in total. The molecule has 4 aromatic rings. The first kappa shape index (κ1) is 20.2. The van der Waals surface area contributed by atoms with Crippen LogP contribution in [-0.2, 0) is 12.6 Å². The van der Waals surface area contributed by atoms with E-state index in [4.69, 9.17) is 5.73 Å². The Kier molecular flexibility index (Phi) is 5.35. The topological polar surface area (TPSA) is 99.6 Å². The summed E-state index contributed by atoms with van der Waals surface area (Å²) in [6, 6.07) is 10.4. The third-order valence-corrected chi connectivity index (χ3v) is 5.60. The van der Waals surface area contributed by atoms with Crippen LogP contribution in [-0.4, -0.2) is 27.5 Å². The average molecular weight is 433 g/mol. The predicted molar refractivity (Wildman–Crippen MR) is 112 cm³/mol. The normalized spacial score (nSPS) is 12.9. The van der Waals surface area contributed by atoms with Crippen molar-refractivity contribution in [2.24, 2.45) is 5.73 Å². The average Bonchev–Trinajstić information content (AvgIpc) is 3.31. The van der Waals surface area contributed by atoms with Crippen molar-refractivity contribution in [3.05, 3.63) is 70.3 Å². The van der Waals surface area contributed by atoms with Gasteiger partial charge in [0, 0.05) is 18.8 Å². The Labute approximate surface area is 173 Å². The highest BCUT2D eigenvalue weighted by molar-refractivity contribution is 7.18. The Morgan fingerprint density at radius 1 is 1.10 bits per heavy atom. The SMILES string of the molecule is N[C@@H](CNc1ncc(-c2ccc3[nH]c(=O)[nH]c3c2)s1)Cc1ccc(C(F)(F)F)cc1. The first-order valence-electron chi connectivity index (χ1n) is 9.12. The Hall–Kier alpha value is -3.11. The Bertz CT molecular complexity index is 1210. The number of nitrogens with zero attached hydrogens (tertiary/aromatic N) is 1. The highest BCUT2D eigenvalue weighted by atomic mass is 32.1. The molecule has 0 fully saturated rings. The molecule has 6 nitrogen and oxygen atoms in total. The molecule has 0 spiro atoms. The van der Waals surface area contributed by atoms with Gasteiger partial charge in [0.1, 0.15) is 0 Å². The number of aromatic amines is 2. The number of benzene rings is 2. The second-order valence-corrected chi connectivity index (χ2v) is 7.94.